The van der Waals surface area contributed by atoms with Crippen molar-refractivity contribution >= 4 is 80.5 Å². The summed E-state index contributed by atoms with van der Waals surface area (Å²) in [6.45, 7) is 0. The molecule has 12 heteroatoms. The van der Waals surface area contributed by atoms with Gasteiger partial charge in [-0.05, 0) is 53.6 Å². The van der Waals surface area contributed by atoms with Gasteiger partial charge in [0.15, 0.2) is 4.34 Å². The zero-order chi connectivity index (χ0) is 27.0. The SMILES string of the molecule is O=C1C(=O)N(c2nnc(SCc3ccccc3F)s2)C(c2ccc(Cl)c(Cl)c2)/C1=C(/O)c1ccc(Cl)cc1. The van der Waals surface area contributed by atoms with Gasteiger partial charge in [-0.1, -0.05) is 82.2 Å². The minimum absolute atomic E-state index is 0.134. The van der Waals surface area contributed by atoms with E-state index in [-0.39, 0.29) is 32.3 Å². The summed E-state index contributed by atoms with van der Waals surface area (Å²) >= 11 is 20.7. The molecule has 3 aromatic carbocycles. The lowest BCUT2D eigenvalue weighted by atomic mass is 9.95. The van der Waals surface area contributed by atoms with Crippen LogP contribution in [0.3, 0.4) is 0 Å². The van der Waals surface area contributed by atoms with Crippen LogP contribution in [0.4, 0.5) is 9.52 Å². The number of amides is 1. The van der Waals surface area contributed by atoms with Crippen molar-refractivity contribution in [2.45, 2.75) is 16.1 Å². The molecule has 6 nitrogen and oxygen atoms in total. The molecule has 4 aromatic rings. The number of nitrogens with zero attached hydrogens (tertiary/aromatic N) is 3. The second kappa shape index (κ2) is 11.0. The second-order valence-electron chi connectivity index (χ2n) is 8.08. The Labute approximate surface area is 239 Å². The standard InChI is InChI=1S/C26H15Cl3FN3O3S2/c27-16-8-5-13(6-9-16)22(34)20-21(14-7-10-17(28)18(29)11-14)33(24(36)23(20)35)25-31-32-26(38-25)37-12-15-3-1-2-4-19(15)30/h1-11,21,34H,12H2/b22-20-. The fourth-order valence-corrected chi connectivity index (χ4v) is 6.19. The Morgan fingerprint density at radius 2 is 1.74 bits per heavy atom. The highest BCUT2D eigenvalue weighted by Gasteiger charge is 2.48. The quantitative estimate of drug-likeness (QED) is 0.0802. The zero-order valence-corrected chi connectivity index (χ0v) is 23.0. The molecule has 1 aliphatic heterocycles. The first-order valence-electron chi connectivity index (χ1n) is 11.0. The number of rotatable bonds is 6. The number of hydrogen-bond acceptors (Lipinski definition) is 7. The average molecular weight is 607 g/mol. The molecule has 1 N–H and O–H groups in total. The van der Waals surface area contributed by atoms with Crippen molar-refractivity contribution in [2.75, 3.05) is 4.90 Å². The van der Waals surface area contributed by atoms with Crippen LogP contribution in [-0.4, -0.2) is 27.0 Å². The maximum atomic E-state index is 14.0. The van der Waals surface area contributed by atoms with E-state index in [1.165, 1.54) is 34.9 Å². The van der Waals surface area contributed by atoms with Gasteiger partial charge in [0.25, 0.3) is 5.78 Å². The largest absolute Gasteiger partial charge is 0.507 e. The minimum atomic E-state index is -1.06. The minimum Gasteiger partial charge on any atom is -0.507 e. The van der Waals surface area contributed by atoms with Crippen LogP contribution in [0.1, 0.15) is 22.7 Å². The van der Waals surface area contributed by atoms with Crippen LogP contribution in [0.2, 0.25) is 15.1 Å². The third-order valence-electron chi connectivity index (χ3n) is 5.73. The summed E-state index contributed by atoms with van der Waals surface area (Å²) in [6.07, 6.45) is 0. The number of carbonyl (C=O) groups is 2. The number of thioether (sulfide) groups is 1. The van der Waals surface area contributed by atoms with Gasteiger partial charge in [0.1, 0.15) is 11.6 Å². The molecule has 5 rings (SSSR count). The van der Waals surface area contributed by atoms with E-state index in [9.17, 15) is 19.1 Å². The summed E-state index contributed by atoms with van der Waals surface area (Å²) in [4.78, 5) is 27.8. The molecular formula is C26H15Cl3FN3O3S2. The first-order chi connectivity index (χ1) is 18.2. The smallest absolute Gasteiger partial charge is 0.301 e. The van der Waals surface area contributed by atoms with E-state index >= 15 is 0 Å². The molecule has 0 spiro atoms. The molecular weight excluding hydrogens is 592 g/mol. The Kier molecular flexibility index (Phi) is 7.74. The third-order valence-corrected chi connectivity index (χ3v) is 8.83. The highest BCUT2D eigenvalue weighted by molar-refractivity contribution is 8.00. The van der Waals surface area contributed by atoms with E-state index in [0.717, 1.165) is 11.3 Å². The number of ketones is 1. The lowest BCUT2D eigenvalue weighted by Gasteiger charge is -2.22. The molecule has 192 valence electrons. The molecule has 1 saturated heterocycles. The molecule has 0 aliphatic carbocycles. The van der Waals surface area contributed by atoms with Gasteiger partial charge in [-0.2, -0.15) is 0 Å². The highest BCUT2D eigenvalue weighted by atomic mass is 35.5. The summed E-state index contributed by atoms with van der Waals surface area (Å²) < 4.78 is 14.5. The molecule has 1 amide bonds. The van der Waals surface area contributed by atoms with Crippen molar-refractivity contribution < 1.29 is 19.1 Å². The van der Waals surface area contributed by atoms with Crippen LogP contribution in [-0.2, 0) is 15.3 Å². The second-order valence-corrected chi connectivity index (χ2v) is 11.5. The third kappa shape index (κ3) is 5.17. The van der Waals surface area contributed by atoms with Gasteiger partial charge in [0.05, 0.1) is 21.7 Å². The molecule has 1 aliphatic rings. The fourth-order valence-electron chi connectivity index (χ4n) is 3.90. The van der Waals surface area contributed by atoms with Crippen LogP contribution < -0.4 is 4.90 Å². The van der Waals surface area contributed by atoms with E-state index in [2.05, 4.69) is 10.2 Å². The van der Waals surface area contributed by atoms with E-state index in [1.807, 2.05) is 0 Å². The highest BCUT2D eigenvalue weighted by Crippen LogP contribution is 2.45. The van der Waals surface area contributed by atoms with Crippen molar-refractivity contribution in [3.8, 4) is 0 Å². The number of aliphatic hydroxyl groups is 1. The normalized spacial score (nSPS) is 16.8. The molecule has 38 heavy (non-hydrogen) atoms. The first kappa shape index (κ1) is 26.6. The number of Topliss-reactive ketones (excluding diaryl/α,β-unsaturated/α-hetero) is 1. The van der Waals surface area contributed by atoms with E-state index in [0.29, 0.717) is 31.8 Å². The van der Waals surface area contributed by atoms with Gasteiger partial charge in [0, 0.05) is 16.3 Å². The van der Waals surface area contributed by atoms with E-state index in [1.54, 1.807) is 48.5 Å². The lowest BCUT2D eigenvalue weighted by Crippen LogP contribution is -2.29. The molecule has 0 bridgehead atoms. The van der Waals surface area contributed by atoms with Crippen molar-refractivity contribution in [3.05, 3.63) is 110 Å². The predicted octanol–water partition coefficient (Wildman–Crippen LogP) is 7.56. The molecule has 1 atom stereocenters. The molecule has 1 fully saturated rings. The first-order valence-corrected chi connectivity index (χ1v) is 13.9. The summed E-state index contributed by atoms with van der Waals surface area (Å²) in [7, 11) is 0. The number of benzene rings is 3. The van der Waals surface area contributed by atoms with Crippen LogP contribution >= 0.6 is 57.9 Å². The molecule has 1 unspecified atom stereocenters. The maximum absolute atomic E-state index is 14.0. The van der Waals surface area contributed by atoms with Gasteiger partial charge >= 0.3 is 5.91 Å². The van der Waals surface area contributed by atoms with Crippen LogP contribution in [0.25, 0.3) is 5.76 Å². The van der Waals surface area contributed by atoms with Crippen LogP contribution in [0.5, 0.6) is 0 Å². The van der Waals surface area contributed by atoms with Gasteiger partial charge in [-0.15, -0.1) is 10.2 Å². The van der Waals surface area contributed by atoms with Crippen molar-refractivity contribution in [1.82, 2.24) is 10.2 Å². The van der Waals surface area contributed by atoms with Gasteiger partial charge < -0.3 is 5.11 Å². The molecule has 2 heterocycles. The fraction of sp³-hybridized carbons (Fsp3) is 0.0769. The number of carbonyl (C=O) groups excluding carboxylic acids is 2. The summed E-state index contributed by atoms with van der Waals surface area (Å²) in [6, 6.07) is 16.2. The molecule has 0 radical (unpaired) electrons. The van der Waals surface area contributed by atoms with E-state index < -0.39 is 17.7 Å². The van der Waals surface area contributed by atoms with Crippen molar-refractivity contribution in [3.63, 3.8) is 0 Å². The monoisotopic (exact) mass is 605 g/mol. The number of aromatic nitrogens is 2. The topological polar surface area (TPSA) is 83.4 Å². The average Bonchev–Trinajstić information content (AvgIpc) is 3.47. The number of anilines is 1. The number of hydrogen-bond donors (Lipinski definition) is 1. The predicted molar refractivity (Wildman–Crippen MR) is 149 cm³/mol. The van der Waals surface area contributed by atoms with E-state index in [4.69, 9.17) is 34.8 Å². The lowest BCUT2D eigenvalue weighted by molar-refractivity contribution is -0.132. The molecule has 0 saturated carbocycles. The maximum Gasteiger partial charge on any atom is 0.301 e. The number of aliphatic hydroxyl groups excluding tert-OH is 1. The van der Waals surface area contributed by atoms with Crippen molar-refractivity contribution in [1.29, 1.82) is 0 Å². The zero-order valence-electron chi connectivity index (χ0n) is 19.1. The van der Waals surface area contributed by atoms with Crippen LogP contribution in [0, 0.1) is 5.82 Å². The van der Waals surface area contributed by atoms with Gasteiger partial charge in [0.2, 0.25) is 5.13 Å². The molecule has 1 aromatic heterocycles. The summed E-state index contributed by atoms with van der Waals surface area (Å²) in [5.74, 6) is -2.20. The van der Waals surface area contributed by atoms with Gasteiger partial charge in [-0.3, -0.25) is 14.5 Å². The Morgan fingerprint density at radius 1 is 1.00 bits per heavy atom. The Morgan fingerprint density at radius 3 is 2.45 bits per heavy atom. The summed E-state index contributed by atoms with van der Waals surface area (Å²) in [5.41, 5.74) is 1.08. The number of halogens is 4. The Hall–Kier alpha value is -2.95. The summed E-state index contributed by atoms with van der Waals surface area (Å²) in [5, 5.41) is 20.5. The Bertz CT molecular complexity index is 1590. The van der Waals surface area contributed by atoms with Crippen LogP contribution in [0.15, 0.2) is 76.6 Å². The van der Waals surface area contributed by atoms with Crippen molar-refractivity contribution in [2.24, 2.45) is 0 Å². The van der Waals surface area contributed by atoms with Gasteiger partial charge in [-0.25, -0.2) is 4.39 Å². The Balaban J connectivity index is 1.56.